The minimum Gasteiger partial charge on any atom is -0.497 e. The van der Waals surface area contributed by atoms with Gasteiger partial charge in [0.1, 0.15) is 5.75 Å². The van der Waals surface area contributed by atoms with Crippen molar-refractivity contribution in [1.82, 2.24) is 9.88 Å². The van der Waals surface area contributed by atoms with E-state index in [0.29, 0.717) is 49.1 Å². The number of morpholine rings is 1. The zero-order valence-electron chi connectivity index (χ0n) is 16.4. The number of aromatic nitrogens is 1. The number of benzene rings is 2. The van der Waals surface area contributed by atoms with E-state index in [9.17, 15) is 9.59 Å². The van der Waals surface area contributed by atoms with E-state index in [1.807, 2.05) is 23.1 Å². The van der Waals surface area contributed by atoms with Crippen molar-refractivity contribution in [3.05, 3.63) is 48.0 Å². The Balaban J connectivity index is 1.40. The highest BCUT2D eigenvalue weighted by Crippen LogP contribution is 2.31. The Hall–Kier alpha value is -2.62. The van der Waals surface area contributed by atoms with Gasteiger partial charge in [-0.3, -0.25) is 9.59 Å². The molecular weight excluding hydrogens is 422 g/mol. The van der Waals surface area contributed by atoms with E-state index in [4.69, 9.17) is 9.47 Å². The molecule has 1 aliphatic heterocycles. The number of amides is 2. The van der Waals surface area contributed by atoms with E-state index in [1.54, 1.807) is 31.4 Å². The van der Waals surface area contributed by atoms with Crippen LogP contribution in [-0.2, 0) is 9.53 Å². The van der Waals surface area contributed by atoms with Gasteiger partial charge in [0.05, 0.1) is 36.3 Å². The van der Waals surface area contributed by atoms with Crippen LogP contribution in [0.25, 0.3) is 10.2 Å². The van der Waals surface area contributed by atoms with E-state index in [2.05, 4.69) is 10.3 Å². The van der Waals surface area contributed by atoms with E-state index < -0.39 is 0 Å². The van der Waals surface area contributed by atoms with Gasteiger partial charge in [0, 0.05) is 24.3 Å². The van der Waals surface area contributed by atoms with Crippen molar-refractivity contribution in [2.75, 3.05) is 44.5 Å². The van der Waals surface area contributed by atoms with Crippen LogP contribution in [0.4, 0.5) is 5.69 Å². The third-order valence-corrected chi connectivity index (χ3v) is 6.79. The second-order valence-electron chi connectivity index (χ2n) is 6.63. The maximum absolute atomic E-state index is 12.5. The molecule has 3 aromatic rings. The standard InChI is InChI=1S/C21H21N3O4S2/c1-27-16-4-2-3-14(11-16)20(26)22-15-5-6-17-18(12-15)30-21(23-17)29-13-19(25)24-7-9-28-10-8-24/h2-6,11-12H,7-10,13H2,1H3,(H,22,26). The summed E-state index contributed by atoms with van der Waals surface area (Å²) >= 11 is 2.96. The van der Waals surface area contributed by atoms with Crippen molar-refractivity contribution in [1.29, 1.82) is 0 Å². The van der Waals surface area contributed by atoms with Crippen LogP contribution in [0, 0.1) is 0 Å². The van der Waals surface area contributed by atoms with Crippen LogP contribution in [0.5, 0.6) is 5.75 Å². The molecule has 1 aliphatic rings. The van der Waals surface area contributed by atoms with E-state index in [-0.39, 0.29) is 11.8 Å². The Morgan fingerprint density at radius 2 is 2.07 bits per heavy atom. The highest BCUT2D eigenvalue weighted by atomic mass is 32.2. The summed E-state index contributed by atoms with van der Waals surface area (Å²) < 4.78 is 12.2. The molecule has 30 heavy (non-hydrogen) atoms. The highest BCUT2D eigenvalue weighted by Gasteiger charge is 2.18. The first-order valence-corrected chi connectivity index (χ1v) is 11.3. The molecule has 0 aliphatic carbocycles. The lowest BCUT2D eigenvalue weighted by molar-refractivity contribution is -0.132. The van der Waals surface area contributed by atoms with Gasteiger partial charge < -0.3 is 19.7 Å². The average Bonchev–Trinajstić information content (AvgIpc) is 3.20. The van der Waals surface area contributed by atoms with Crippen molar-refractivity contribution in [3.63, 3.8) is 0 Å². The SMILES string of the molecule is COc1cccc(C(=O)Nc2ccc3nc(SCC(=O)N4CCOCC4)sc3c2)c1. The molecule has 2 heterocycles. The van der Waals surface area contributed by atoms with Crippen LogP contribution < -0.4 is 10.1 Å². The molecule has 1 aromatic heterocycles. The lowest BCUT2D eigenvalue weighted by Crippen LogP contribution is -2.41. The fourth-order valence-electron chi connectivity index (χ4n) is 3.04. The number of anilines is 1. The molecule has 0 saturated carbocycles. The first kappa shape index (κ1) is 20.6. The number of methoxy groups -OCH3 is 1. The second kappa shape index (κ2) is 9.46. The van der Waals surface area contributed by atoms with Gasteiger partial charge in [-0.2, -0.15) is 0 Å². The lowest BCUT2D eigenvalue weighted by atomic mass is 10.2. The first-order valence-electron chi connectivity index (χ1n) is 9.47. The Bertz CT molecular complexity index is 1060. The minimum atomic E-state index is -0.205. The molecule has 0 radical (unpaired) electrons. The van der Waals surface area contributed by atoms with Gasteiger partial charge in [-0.25, -0.2) is 4.98 Å². The highest BCUT2D eigenvalue weighted by molar-refractivity contribution is 8.01. The molecule has 1 saturated heterocycles. The van der Waals surface area contributed by atoms with Crippen molar-refractivity contribution in [3.8, 4) is 5.75 Å². The van der Waals surface area contributed by atoms with Gasteiger partial charge in [0.15, 0.2) is 4.34 Å². The summed E-state index contributed by atoms with van der Waals surface area (Å²) in [6.45, 7) is 2.49. The summed E-state index contributed by atoms with van der Waals surface area (Å²) in [6.07, 6.45) is 0. The molecule has 1 fully saturated rings. The molecule has 0 unspecified atom stereocenters. The van der Waals surface area contributed by atoms with Crippen molar-refractivity contribution in [2.45, 2.75) is 4.34 Å². The van der Waals surface area contributed by atoms with Gasteiger partial charge in [-0.05, 0) is 36.4 Å². The largest absolute Gasteiger partial charge is 0.497 e. The third kappa shape index (κ3) is 4.92. The molecule has 0 bridgehead atoms. The Morgan fingerprint density at radius 3 is 2.87 bits per heavy atom. The monoisotopic (exact) mass is 443 g/mol. The number of rotatable bonds is 6. The normalized spacial score (nSPS) is 14.0. The number of nitrogens with zero attached hydrogens (tertiary/aromatic N) is 2. The molecule has 156 valence electrons. The van der Waals surface area contributed by atoms with Gasteiger partial charge in [0.25, 0.3) is 5.91 Å². The predicted octanol–water partition coefficient (Wildman–Crippen LogP) is 3.51. The summed E-state index contributed by atoms with van der Waals surface area (Å²) in [5.41, 5.74) is 2.07. The quantitative estimate of drug-likeness (QED) is 0.588. The zero-order chi connectivity index (χ0) is 20.9. The number of thioether (sulfide) groups is 1. The molecule has 1 N–H and O–H groups in total. The maximum atomic E-state index is 12.5. The Kier molecular flexibility index (Phi) is 6.51. The smallest absolute Gasteiger partial charge is 0.255 e. The van der Waals surface area contributed by atoms with Gasteiger partial charge in [-0.15, -0.1) is 11.3 Å². The summed E-state index contributed by atoms with van der Waals surface area (Å²) in [5.74, 6) is 0.894. The maximum Gasteiger partial charge on any atom is 0.255 e. The number of nitrogens with one attached hydrogen (secondary N) is 1. The summed E-state index contributed by atoms with van der Waals surface area (Å²) in [6, 6.07) is 12.6. The van der Waals surface area contributed by atoms with Gasteiger partial charge in [0.2, 0.25) is 5.91 Å². The number of fused-ring (bicyclic) bond motifs is 1. The molecular formula is C21H21N3O4S2. The summed E-state index contributed by atoms with van der Waals surface area (Å²) in [7, 11) is 1.57. The molecule has 0 atom stereocenters. The summed E-state index contributed by atoms with van der Waals surface area (Å²) in [5, 5.41) is 2.91. The second-order valence-corrected chi connectivity index (χ2v) is 8.88. The summed E-state index contributed by atoms with van der Waals surface area (Å²) in [4.78, 5) is 31.2. The predicted molar refractivity (Wildman–Crippen MR) is 119 cm³/mol. The van der Waals surface area contributed by atoms with E-state index >= 15 is 0 Å². The first-order chi connectivity index (χ1) is 14.6. The molecule has 7 nitrogen and oxygen atoms in total. The van der Waals surface area contributed by atoms with Crippen LogP contribution >= 0.6 is 23.1 Å². The molecule has 2 amide bonds. The zero-order valence-corrected chi connectivity index (χ0v) is 18.1. The number of carbonyl (C=O) groups is 2. The Labute approximate surface area is 182 Å². The van der Waals surface area contributed by atoms with E-state index in [1.165, 1.54) is 23.1 Å². The Morgan fingerprint density at radius 1 is 1.23 bits per heavy atom. The molecule has 2 aromatic carbocycles. The fraction of sp³-hybridized carbons (Fsp3) is 0.286. The third-order valence-electron chi connectivity index (χ3n) is 4.64. The number of thiazole rings is 1. The van der Waals surface area contributed by atoms with Gasteiger partial charge in [-0.1, -0.05) is 17.8 Å². The van der Waals surface area contributed by atoms with Crippen molar-refractivity contribution in [2.24, 2.45) is 0 Å². The molecule has 0 spiro atoms. The van der Waals surface area contributed by atoms with Crippen LogP contribution in [0.2, 0.25) is 0 Å². The molecule has 9 heteroatoms. The topological polar surface area (TPSA) is 80.8 Å². The van der Waals surface area contributed by atoms with Crippen LogP contribution in [0.3, 0.4) is 0 Å². The van der Waals surface area contributed by atoms with Gasteiger partial charge >= 0.3 is 0 Å². The van der Waals surface area contributed by atoms with Crippen molar-refractivity contribution >= 4 is 50.8 Å². The van der Waals surface area contributed by atoms with E-state index in [0.717, 1.165) is 14.6 Å². The number of ether oxygens (including phenoxy) is 2. The number of hydrogen-bond acceptors (Lipinski definition) is 7. The lowest BCUT2D eigenvalue weighted by Gasteiger charge is -2.26. The van der Waals surface area contributed by atoms with Crippen LogP contribution in [0.15, 0.2) is 46.8 Å². The van der Waals surface area contributed by atoms with Crippen LogP contribution in [0.1, 0.15) is 10.4 Å². The number of carbonyl (C=O) groups excluding carboxylic acids is 2. The average molecular weight is 444 g/mol. The van der Waals surface area contributed by atoms with Crippen molar-refractivity contribution < 1.29 is 19.1 Å². The minimum absolute atomic E-state index is 0.105. The number of hydrogen-bond donors (Lipinski definition) is 1. The molecule has 4 rings (SSSR count). The van der Waals surface area contributed by atoms with Crippen LogP contribution in [-0.4, -0.2) is 60.9 Å². The fourth-order valence-corrected chi connectivity index (χ4v) is 5.05.